The Morgan fingerprint density at radius 1 is 0.824 bits per heavy atom. The number of benzene rings is 2. The van der Waals surface area contributed by atoms with E-state index in [-0.39, 0.29) is 0 Å². The molecule has 0 radical (unpaired) electrons. The molecule has 0 saturated heterocycles. The zero-order valence-corrected chi connectivity index (χ0v) is 10.7. The molecule has 2 aromatic rings. The largest absolute Gasteiger partial charge is 0.0984 e. The van der Waals surface area contributed by atoms with E-state index in [1.54, 1.807) is 0 Å². The van der Waals surface area contributed by atoms with E-state index < -0.39 is 0 Å². The van der Waals surface area contributed by atoms with Gasteiger partial charge in [-0.1, -0.05) is 49.1 Å². The Morgan fingerprint density at radius 3 is 2.06 bits per heavy atom. The molecular formula is C17H18. The second kappa shape index (κ2) is 4.58. The molecule has 86 valence electrons. The quantitative estimate of drug-likeness (QED) is 0.676. The normalized spacial score (nSPS) is 10.3. The van der Waals surface area contributed by atoms with Crippen LogP contribution in [0.15, 0.2) is 43.0 Å². The van der Waals surface area contributed by atoms with E-state index in [9.17, 15) is 0 Å². The molecule has 0 nitrogen and oxygen atoms in total. The first-order valence-electron chi connectivity index (χ1n) is 5.93. The van der Waals surface area contributed by atoms with Gasteiger partial charge in [0.2, 0.25) is 0 Å². The summed E-state index contributed by atoms with van der Waals surface area (Å²) < 4.78 is 0. The van der Waals surface area contributed by atoms with E-state index in [2.05, 4.69) is 63.7 Å². The molecule has 2 aromatic carbocycles. The molecule has 0 fully saturated rings. The van der Waals surface area contributed by atoms with Gasteiger partial charge < -0.3 is 0 Å². The van der Waals surface area contributed by atoms with Crippen LogP contribution < -0.4 is 0 Å². The van der Waals surface area contributed by atoms with E-state index in [4.69, 9.17) is 0 Å². The van der Waals surface area contributed by atoms with Crippen LogP contribution in [-0.2, 0) is 0 Å². The highest BCUT2D eigenvalue weighted by molar-refractivity contribution is 5.79. The fraction of sp³-hybridized carbons (Fsp3) is 0.176. The Labute approximate surface area is 104 Å². The topological polar surface area (TPSA) is 0 Å². The Kier molecular flexibility index (Phi) is 3.14. The Hall–Kier alpha value is -1.82. The molecule has 0 atom stereocenters. The zero-order chi connectivity index (χ0) is 12.4. The predicted octanol–water partition coefficient (Wildman–Crippen LogP) is 4.92. The molecule has 0 heterocycles. The van der Waals surface area contributed by atoms with Crippen LogP contribution in [-0.4, -0.2) is 0 Å². The Balaban J connectivity index is 2.73. The lowest BCUT2D eigenvalue weighted by molar-refractivity contribution is 1.33. The summed E-state index contributed by atoms with van der Waals surface area (Å²) in [4.78, 5) is 0. The van der Waals surface area contributed by atoms with Gasteiger partial charge in [0.05, 0.1) is 0 Å². The third-order valence-corrected chi connectivity index (χ3v) is 3.42. The molecule has 0 heteroatoms. The first-order chi connectivity index (χ1) is 8.15. The van der Waals surface area contributed by atoms with E-state index in [1.807, 2.05) is 6.08 Å². The lowest BCUT2D eigenvalue weighted by Gasteiger charge is -2.13. The van der Waals surface area contributed by atoms with Crippen molar-refractivity contribution < 1.29 is 0 Å². The zero-order valence-electron chi connectivity index (χ0n) is 10.7. The van der Waals surface area contributed by atoms with Crippen LogP contribution in [0.4, 0.5) is 0 Å². The summed E-state index contributed by atoms with van der Waals surface area (Å²) in [6.45, 7) is 10.4. The van der Waals surface area contributed by atoms with Crippen LogP contribution in [0.5, 0.6) is 0 Å². The average molecular weight is 222 g/mol. The summed E-state index contributed by atoms with van der Waals surface area (Å²) in [5.41, 5.74) is 7.78. The molecule has 0 amide bonds. The monoisotopic (exact) mass is 222 g/mol. The maximum Gasteiger partial charge on any atom is -0.0106 e. The lowest BCUT2D eigenvalue weighted by Crippen LogP contribution is -1.91. The third kappa shape index (κ3) is 2.03. The van der Waals surface area contributed by atoms with Crippen molar-refractivity contribution in [1.82, 2.24) is 0 Å². The van der Waals surface area contributed by atoms with Gasteiger partial charge in [0.15, 0.2) is 0 Å². The minimum Gasteiger partial charge on any atom is -0.0984 e. The highest BCUT2D eigenvalue weighted by atomic mass is 14.1. The Bertz CT molecular complexity index is 562. The van der Waals surface area contributed by atoms with Crippen molar-refractivity contribution in [2.75, 3.05) is 0 Å². The van der Waals surface area contributed by atoms with Crippen LogP contribution in [0.1, 0.15) is 22.3 Å². The number of hydrogen-bond acceptors (Lipinski definition) is 0. The van der Waals surface area contributed by atoms with Gasteiger partial charge in [-0.15, -0.1) is 0 Å². The molecule has 0 spiro atoms. The second-order valence-corrected chi connectivity index (χ2v) is 4.49. The maximum atomic E-state index is 3.93. The first-order valence-corrected chi connectivity index (χ1v) is 5.93. The van der Waals surface area contributed by atoms with Crippen LogP contribution in [0.3, 0.4) is 0 Å². The second-order valence-electron chi connectivity index (χ2n) is 4.49. The SMILES string of the molecule is C=Cc1c(C)cccc1-c1cccc(C)c1C. The standard InChI is InChI=1S/C17H18/c1-5-15-13(3)9-7-11-17(15)16-10-6-8-12(2)14(16)4/h5-11H,1H2,2-4H3. The fourth-order valence-electron chi connectivity index (χ4n) is 2.23. The molecule has 0 N–H and O–H groups in total. The molecule has 0 aliphatic rings. The first kappa shape index (κ1) is 11.7. The van der Waals surface area contributed by atoms with Gasteiger partial charge in [0.25, 0.3) is 0 Å². The summed E-state index contributed by atoms with van der Waals surface area (Å²) in [5, 5.41) is 0. The van der Waals surface area contributed by atoms with Crippen molar-refractivity contribution in [3.8, 4) is 11.1 Å². The van der Waals surface area contributed by atoms with Crippen LogP contribution in [0, 0.1) is 20.8 Å². The molecule has 0 aliphatic carbocycles. The van der Waals surface area contributed by atoms with Crippen LogP contribution in [0.25, 0.3) is 17.2 Å². The van der Waals surface area contributed by atoms with Gasteiger partial charge in [-0.3, -0.25) is 0 Å². The molecule has 0 aliphatic heterocycles. The molecule has 0 unspecified atom stereocenters. The van der Waals surface area contributed by atoms with Gasteiger partial charge in [0.1, 0.15) is 0 Å². The molecule has 2 rings (SSSR count). The van der Waals surface area contributed by atoms with Crippen molar-refractivity contribution in [1.29, 1.82) is 0 Å². The summed E-state index contributed by atoms with van der Waals surface area (Å²) in [7, 11) is 0. The maximum absolute atomic E-state index is 3.93. The minimum absolute atomic E-state index is 1.24. The van der Waals surface area contributed by atoms with E-state index in [0.717, 1.165) is 0 Å². The number of hydrogen-bond donors (Lipinski definition) is 0. The number of rotatable bonds is 2. The summed E-state index contributed by atoms with van der Waals surface area (Å²) >= 11 is 0. The molecule has 17 heavy (non-hydrogen) atoms. The highest BCUT2D eigenvalue weighted by Gasteiger charge is 2.08. The van der Waals surface area contributed by atoms with Gasteiger partial charge in [-0.05, 0) is 54.2 Å². The molecule has 0 bridgehead atoms. The van der Waals surface area contributed by atoms with E-state index >= 15 is 0 Å². The van der Waals surface area contributed by atoms with Gasteiger partial charge in [-0.25, -0.2) is 0 Å². The van der Waals surface area contributed by atoms with Gasteiger partial charge in [-0.2, -0.15) is 0 Å². The minimum atomic E-state index is 1.24. The summed E-state index contributed by atoms with van der Waals surface area (Å²) in [6, 6.07) is 12.9. The molecule has 0 saturated carbocycles. The van der Waals surface area contributed by atoms with E-state index in [1.165, 1.54) is 33.4 Å². The van der Waals surface area contributed by atoms with Crippen molar-refractivity contribution in [2.45, 2.75) is 20.8 Å². The highest BCUT2D eigenvalue weighted by Crippen LogP contribution is 2.30. The fourth-order valence-corrected chi connectivity index (χ4v) is 2.23. The molecular weight excluding hydrogens is 204 g/mol. The van der Waals surface area contributed by atoms with Gasteiger partial charge in [0, 0.05) is 0 Å². The summed E-state index contributed by atoms with van der Waals surface area (Å²) in [6.07, 6.45) is 1.95. The molecule has 0 aromatic heterocycles. The van der Waals surface area contributed by atoms with Crippen LogP contribution in [0.2, 0.25) is 0 Å². The van der Waals surface area contributed by atoms with Crippen molar-refractivity contribution >= 4 is 6.08 Å². The van der Waals surface area contributed by atoms with Crippen molar-refractivity contribution in [3.63, 3.8) is 0 Å². The third-order valence-electron chi connectivity index (χ3n) is 3.42. The van der Waals surface area contributed by atoms with Gasteiger partial charge >= 0.3 is 0 Å². The number of aryl methyl sites for hydroxylation is 2. The van der Waals surface area contributed by atoms with Crippen molar-refractivity contribution in [3.05, 3.63) is 65.2 Å². The summed E-state index contributed by atoms with van der Waals surface area (Å²) in [5.74, 6) is 0. The lowest BCUT2D eigenvalue weighted by atomic mass is 9.91. The van der Waals surface area contributed by atoms with Crippen molar-refractivity contribution in [2.24, 2.45) is 0 Å². The van der Waals surface area contributed by atoms with E-state index in [0.29, 0.717) is 0 Å². The van der Waals surface area contributed by atoms with Crippen LogP contribution >= 0.6 is 0 Å². The average Bonchev–Trinajstić information content (AvgIpc) is 2.32. The predicted molar refractivity (Wildman–Crippen MR) is 76.2 cm³/mol. The smallest absolute Gasteiger partial charge is 0.0106 e. The Morgan fingerprint density at radius 2 is 1.41 bits per heavy atom.